The van der Waals surface area contributed by atoms with Gasteiger partial charge in [0.2, 0.25) is 0 Å². The third kappa shape index (κ3) is 1.99. The summed E-state index contributed by atoms with van der Waals surface area (Å²) in [5, 5.41) is 7.65. The van der Waals surface area contributed by atoms with Crippen LogP contribution in [0.3, 0.4) is 0 Å². The molecule has 5 heteroatoms. The number of carbonyl (C=O) groups is 1. The second-order valence-electron chi connectivity index (χ2n) is 6.15. The maximum atomic E-state index is 12.6. The molecule has 110 valence electrons. The molecule has 2 atom stereocenters. The fraction of sp³-hybridized carbons (Fsp3) is 0.438. The summed E-state index contributed by atoms with van der Waals surface area (Å²) >= 11 is 1.77. The number of hydrogen-bond acceptors (Lipinski definition) is 3. The number of nitrogens with zero attached hydrogens (tertiary/aromatic N) is 1. The number of thiophene rings is 1. The lowest BCUT2D eigenvalue weighted by molar-refractivity contribution is 0.0934. The third-order valence-corrected chi connectivity index (χ3v) is 5.75. The van der Waals surface area contributed by atoms with Gasteiger partial charge in [-0.1, -0.05) is 6.92 Å². The highest BCUT2D eigenvalue weighted by atomic mass is 32.1. The lowest BCUT2D eigenvalue weighted by atomic mass is 9.88. The van der Waals surface area contributed by atoms with Crippen LogP contribution in [0.4, 0.5) is 5.00 Å². The van der Waals surface area contributed by atoms with Gasteiger partial charge in [0.1, 0.15) is 11.2 Å². The lowest BCUT2D eigenvalue weighted by Gasteiger charge is -2.27. The molecule has 4 nitrogen and oxygen atoms in total. The number of fused-ring (bicyclic) bond motifs is 3. The number of aryl methyl sites for hydroxylation is 1. The van der Waals surface area contributed by atoms with Gasteiger partial charge in [0.25, 0.3) is 5.91 Å². The molecule has 1 aliphatic heterocycles. The quantitative estimate of drug-likeness (QED) is 0.850. The van der Waals surface area contributed by atoms with Gasteiger partial charge in [0.15, 0.2) is 0 Å². The van der Waals surface area contributed by atoms with Crippen LogP contribution >= 0.6 is 11.3 Å². The summed E-state index contributed by atoms with van der Waals surface area (Å²) in [7, 11) is 2.00. The Kier molecular flexibility index (Phi) is 2.85. The summed E-state index contributed by atoms with van der Waals surface area (Å²) in [5.41, 5.74) is 3.25. The molecular weight excluding hydrogens is 282 g/mol. The molecule has 0 spiro atoms. The first kappa shape index (κ1) is 13.0. The second-order valence-corrected chi connectivity index (χ2v) is 7.26. The Morgan fingerprint density at radius 2 is 2.24 bits per heavy atom. The third-order valence-electron chi connectivity index (χ3n) is 4.57. The summed E-state index contributed by atoms with van der Waals surface area (Å²) < 4.78 is 2.04. The van der Waals surface area contributed by atoms with Crippen molar-refractivity contribution in [3.8, 4) is 0 Å². The Balaban J connectivity index is 1.73. The highest BCUT2D eigenvalue weighted by Gasteiger charge is 2.33. The van der Waals surface area contributed by atoms with Gasteiger partial charge in [-0.15, -0.1) is 11.3 Å². The largest absolute Gasteiger partial charge is 0.351 e. The zero-order chi connectivity index (χ0) is 14.6. The molecule has 3 heterocycles. The van der Waals surface area contributed by atoms with Crippen LogP contribution in [0, 0.1) is 5.92 Å². The maximum Gasteiger partial charge on any atom is 0.256 e. The number of amides is 1. The average molecular weight is 301 g/mol. The molecule has 4 rings (SSSR count). The molecule has 21 heavy (non-hydrogen) atoms. The Bertz CT molecular complexity index is 715. The van der Waals surface area contributed by atoms with Crippen LogP contribution in [-0.2, 0) is 19.9 Å². The van der Waals surface area contributed by atoms with E-state index in [0.717, 1.165) is 35.0 Å². The predicted octanol–water partition coefficient (Wildman–Crippen LogP) is 3.07. The molecule has 0 unspecified atom stereocenters. The van der Waals surface area contributed by atoms with Gasteiger partial charge in [0.05, 0.1) is 11.3 Å². The van der Waals surface area contributed by atoms with Crippen LogP contribution in [0.1, 0.15) is 46.0 Å². The average Bonchev–Trinajstić information content (AvgIpc) is 3.01. The van der Waals surface area contributed by atoms with Crippen molar-refractivity contribution in [1.82, 2.24) is 9.88 Å². The first-order valence-electron chi connectivity index (χ1n) is 7.46. The van der Waals surface area contributed by atoms with Crippen molar-refractivity contribution < 1.29 is 4.79 Å². The maximum absolute atomic E-state index is 12.6. The monoisotopic (exact) mass is 301 g/mol. The van der Waals surface area contributed by atoms with Crippen LogP contribution in [0.2, 0.25) is 0 Å². The molecule has 0 bridgehead atoms. The number of carbonyl (C=O) groups excluding carboxylic acids is 1. The van der Waals surface area contributed by atoms with Crippen molar-refractivity contribution in [3.63, 3.8) is 0 Å². The minimum atomic E-state index is -0.137. The molecule has 1 amide bonds. The van der Waals surface area contributed by atoms with E-state index in [1.54, 1.807) is 11.3 Å². The molecular formula is C16H19N3OS. The van der Waals surface area contributed by atoms with Gasteiger partial charge in [-0.2, -0.15) is 0 Å². The van der Waals surface area contributed by atoms with E-state index in [1.165, 1.54) is 16.9 Å². The van der Waals surface area contributed by atoms with E-state index in [4.69, 9.17) is 0 Å². The van der Waals surface area contributed by atoms with Gasteiger partial charge in [0, 0.05) is 18.1 Å². The Morgan fingerprint density at radius 1 is 1.38 bits per heavy atom. The van der Waals surface area contributed by atoms with Crippen LogP contribution in [-0.4, -0.2) is 10.5 Å². The SMILES string of the molecule is C[C@H]1CCc2c(sc3c2C(=O)N[C@@H](c2cccn2C)N3)C1. The van der Waals surface area contributed by atoms with Crippen molar-refractivity contribution in [1.29, 1.82) is 0 Å². The Morgan fingerprint density at radius 3 is 3.00 bits per heavy atom. The molecule has 1 aliphatic carbocycles. The standard InChI is InChI=1S/C16H19N3OS/c1-9-5-6-10-12(8-9)21-16-13(10)15(20)17-14(18-16)11-4-3-7-19(11)2/h3-4,7,9,14,18H,5-6,8H2,1-2H3,(H,17,20)/t9-,14+/m0/s1. The molecule has 0 aromatic carbocycles. The number of rotatable bonds is 1. The van der Waals surface area contributed by atoms with Crippen molar-refractivity contribution in [2.45, 2.75) is 32.4 Å². The Labute approximate surface area is 128 Å². The summed E-state index contributed by atoms with van der Waals surface area (Å²) in [6.45, 7) is 2.29. The summed E-state index contributed by atoms with van der Waals surface area (Å²) in [6, 6.07) is 4.04. The van der Waals surface area contributed by atoms with E-state index in [1.807, 2.05) is 29.9 Å². The molecule has 2 aromatic heterocycles. The number of aromatic nitrogens is 1. The number of nitrogens with one attached hydrogen (secondary N) is 2. The highest BCUT2D eigenvalue weighted by molar-refractivity contribution is 7.16. The van der Waals surface area contributed by atoms with Gasteiger partial charge < -0.3 is 15.2 Å². The first-order valence-corrected chi connectivity index (χ1v) is 8.28. The van der Waals surface area contributed by atoms with E-state index >= 15 is 0 Å². The fourth-order valence-electron chi connectivity index (χ4n) is 3.39. The van der Waals surface area contributed by atoms with Crippen molar-refractivity contribution >= 4 is 22.2 Å². The molecule has 0 fully saturated rings. The summed E-state index contributed by atoms with van der Waals surface area (Å²) in [6.07, 6.45) is 5.19. The van der Waals surface area contributed by atoms with E-state index in [9.17, 15) is 4.79 Å². The number of anilines is 1. The van der Waals surface area contributed by atoms with Gasteiger partial charge in [-0.25, -0.2) is 0 Å². The van der Waals surface area contributed by atoms with E-state index in [2.05, 4.69) is 17.6 Å². The molecule has 2 aromatic rings. The number of hydrogen-bond donors (Lipinski definition) is 2. The zero-order valence-electron chi connectivity index (χ0n) is 12.3. The molecule has 0 saturated carbocycles. The van der Waals surface area contributed by atoms with Crippen molar-refractivity contribution in [2.75, 3.05) is 5.32 Å². The smallest absolute Gasteiger partial charge is 0.256 e. The van der Waals surface area contributed by atoms with E-state index in [0.29, 0.717) is 0 Å². The normalized spacial score (nSPS) is 24.0. The molecule has 2 N–H and O–H groups in total. The highest BCUT2D eigenvalue weighted by Crippen LogP contribution is 2.42. The molecule has 0 radical (unpaired) electrons. The van der Waals surface area contributed by atoms with Crippen LogP contribution in [0.15, 0.2) is 18.3 Å². The topological polar surface area (TPSA) is 46.1 Å². The fourth-order valence-corrected chi connectivity index (χ4v) is 4.82. The van der Waals surface area contributed by atoms with Crippen LogP contribution in [0.25, 0.3) is 0 Å². The minimum Gasteiger partial charge on any atom is -0.351 e. The molecule has 0 saturated heterocycles. The first-order chi connectivity index (χ1) is 10.1. The van der Waals surface area contributed by atoms with Crippen LogP contribution in [0.5, 0.6) is 0 Å². The minimum absolute atomic E-state index is 0.0713. The van der Waals surface area contributed by atoms with Gasteiger partial charge in [-0.3, -0.25) is 4.79 Å². The van der Waals surface area contributed by atoms with Crippen molar-refractivity contribution in [3.05, 3.63) is 40.0 Å². The zero-order valence-corrected chi connectivity index (χ0v) is 13.1. The van der Waals surface area contributed by atoms with E-state index in [-0.39, 0.29) is 12.1 Å². The summed E-state index contributed by atoms with van der Waals surface area (Å²) in [4.78, 5) is 14.0. The van der Waals surface area contributed by atoms with Gasteiger partial charge in [-0.05, 0) is 42.9 Å². The molecule has 2 aliphatic rings. The second kappa shape index (κ2) is 4.63. The van der Waals surface area contributed by atoms with Gasteiger partial charge >= 0.3 is 0 Å². The Hall–Kier alpha value is -1.75. The predicted molar refractivity (Wildman–Crippen MR) is 84.8 cm³/mol. The summed E-state index contributed by atoms with van der Waals surface area (Å²) in [5.74, 6) is 0.798. The van der Waals surface area contributed by atoms with E-state index < -0.39 is 0 Å². The van der Waals surface area contributed by atoms with Crippen LogP contribution < -0.4 is 10.6 Å². The lowest BCUT2D eigenvalue weighted by Crippen LogP contribution is -2.39. The van der Waals surface area contributed by atoms with Crippen molar-refractivity contribution in [2.24, 2.45) is 13.0 Å².